The molecule has 11 heteroatoms. The summed E-state index contributed by atoms with van der Waals surface area (Å²) in [5, 5.41) is 26.5. The second kappa shape index (κ2) is 10.1. The van der Waals surface area contributed by atoms with Crippen molar-refractivity contribution in [3.8, 4) is 34.7 Å². The average Bonchev–Trinajstić information content (AvgIpc) is 3.23. The lowest BCUT2D eigenvalue weighted by Crippen LogP contribution is -2.38. The quantitative estimate of drug-likeness (QED) is 0.440. The Balaban J connectivity index is 1.85. The van der Waals surface area contributed by atoms with E-state index in [9.17, 15) is 10.4 Å². The summed E-state index contributed by atoms with van der Waals surface area (Å²) in [4.78, 5) is 8.65. The van der Waals surface area contributed by atoms with E-state index < -0.39 is 12.1 Å². The first kappa shape index (κ1) is 23.8. The molecule has 32 heavy (non-hydrogen) atoms. The van der Waals surface area contributed by atoms with Gasteiger partial charge in [0.2, 0.25) is 5.82 Å². The highest BCUT2D eigenvalue weighted by Crippen LogP contribution is 2.37. The molecule has 3 aromatic rings. The van der Waals surface area contributed by atoms with E-state index in [0.29, 0.717) is 22.5 Å². The van der Waals surface area contributed by atoms with Crippen LogP contribution in [0.15, 0.2) is 28.9 Å². The molecule has 4 N–H and O–H groups in total. The van der Waals surface area contributed by atoms with Gasteiger partial charge in [-0.05, 0) is 39.0 Å². The number of ether oxygens (including phenoxy) is 1. The third kappa shape index (κ3) is 5.47. The first-order valence-corrected chi connectivity index (χ1v) is 10.5. The van der Waals surface area contributed by atoms with Crippen LogP contribution >= 0.6 is 23.2 Å². The molecule has 0 aliphatic heterocycles. The SMILES string of the molecule is CC(C)Nc1ncc(-c2nc(-c3cc(Cl)c(OC[C@H](N)[C@@H](C)O)c(Cl)c3)no2)cc1C#N. The van der Waals surface area contributed by atoms with Gasteiger partial charge in [-0.2, -0.15) is 10.2 Å². The van der Waals surface area contributed by atoms with Crippen molar-refractivity contribution in [1.82, 2.24) is 15.1 Å². The predicted octanol–water partition coefficient (Wildman–Crippen LogP) is 3.88. The summed E-state index contributed by atoms with van der Waals surface area (Å²) in [6, 6.07) is 6.44. The molecule has 0 saturated heterocycles. The van der Waals surface area contributed by atoms with E-state index in [-0.39, 0.29) is 40.2 Å². The molecule has 2 heterocycles. The van der Waals surface area contributed by atoms with Crippen molar-refractivity contribution in [1.29, 1.82) is 5.26 Å². The van der Waals surface area contributed by atoms with E-state index in [4.69, 9.17) is 38.2 Å². The van der Waals surface area contributed by atoms with Gasteiger partial charge in [0.15, 0.2) is 5.75 Å². The fourth-order valence-electron chi connectivity index (χ4n) is 2.66. The number of halogens is 2. The summed E-state index contributed by atoms with van der Waals surface area (Å²) in [7, 11) is 0. The fraction of sp³-hybridized carbons (Fsp3) is 0.333. The van der Waals surface area contributed by atoms with Gasteiger partial charge in [-0.25, -0.2) is 4.98 Å². The van der Waals surface area contributed by atoms with Crippen molar-refractivity contribution in [2.24, 2.45) is 5.73 Å². The highest BCUT2D eigenvalue weighted by Gasteiger charge is 2.18. The smallest absolute Gasteiger partial charge is 0.259 e. The number of nitrogens with zero attached hydrogens (tertiary/aromatic N) is 4. The van der Waals surface area contributed by atoms with Crippen LogP contribution in [0.2, 0.25) is 10.0 Å². The van der Waals surface area contributed by atoms with Crippen molar-refractivity contribution in [2.45, 2.75) is 39.0 Å². The Morgan fingerprint density at radius 3 is 2.50 bits per heavy atom. The first-order chi connectivity index (χ1) is 15.2. The molecule has 0 bridgehead atoms. The second-order valence-electron chi connectivity index (χ2n) is 7.44. The van der Waals surface area contributed by atoms with Gasteiger partial charge < -0.3 is 25.4 Å². The third-order valence-electron chi connectivity index (χ3n) is 4.40. The second-order valence-corrected chi connectivity index (χ2v) is 8.25. The van der Waals surface area contributed by atoms with Crippen LogP contribution in [0.3, 0.4) is 0 Å². The van der Waals surface area contributed by atoms with Crippen molar-refractivity contribution >= 4 is 29.0 Å². The molecular formula is C21H22Cl2N6O3. The molecule has 2 aromatic heterocycles. The predicted molar refractivity (Wildman–Crippen MR) is 122 cm³/mol. The fourth-order valence-corrected chi connectivity index (χ4v) is 3.26. The zero-order chi connectivity index (χ0) is 23.4. The zero-order valence-corrected chi connectivity index (χ0v) is 19.1. The molecule has 2 atom stereocenters. The molecule has 0 aliphatic carbocycles. The van der Waals surface area contributed by atoms with Gasteiger partial charge in [-0.15, -0.1) is 0 Å². The molecule has 1 aromatic carbocycles. The van der Waals surface area contributed by atoms with Crippen LogP contribution in [0.25, 0.3) is 22.8 Å². The van der Waals surface area contributed by atoms with Gasteiger partial charge >= 0.3 is 0 Å². The molecule has 3 rings (SSSR count). The molecule has 0 spiro atoms. The number of nitrogens with one attached hydrogen (secondary N) is 1. The maximum absolute atomic E-state index is 9.49. The van der Waals surface area contributed by atoms with E-state index in [1.54, 1.807) is 31.3 Å². The number of hydrogen-bond donors (Lipinski definition) is 3. The van der Waals surface area contributed by atoms with Crippen LogP contribution in [0.5, 0.6) is 5.75 Å². The summed E-state index contributed by atoms with van der Waals surface area (Å²) in [5.41, 5.74) is 7.14. The lowest BCUT2D eigenvalue weighted by Gasteiger charge is -2.17. The van der Waals surface area contributed by atoms with Crippen LogP contribution in [-0.2, 0) is 0 Å². The van der Waals surface area contributed by atoms with Crippen LogP contribution in [-0.4, -0.2) is 45.0 Å². The van der Waals surface area contributed by atoms with Crippen LogP contribution in [0.1, 0.15) is 26.3 Å². The largest absolute Gasteiger partial charge is 0.489 e. The van der Waals surface area contributed by atoms with Gasteiger partial charge in [0.1, 0.15) is 18.5 Å². The minimum absolute atomic E-state index is 0.0404. The molecule has 168 valence electrons. The summed E-state index contributed by atoms with van der Waals surface area (Å²) in [6.45, 7) is 5.51. The monoisotopic (exact) mass is 476 g/mol. The van der Waals surface area contributed by atoms with E-state index in [2.05, 4.69) is 26.5 Å². The first-order valence-electron chi connectivity index (χ1n) is 9.76. The van der Waals surface area contributed by atoms with Crippen molar-refractivity contribution in [3.63, 3.8) is 0 Å². The zero-order valence-electron chi connectivity index (χ0n) is 17.6. The molecule has 0 fully saturated rings. The van der Waals surface area contributed by atoms with Gasteiger partial charge in [0.25, 0.3) is 5.89 Å². The molecule has 9 nitrogen and oxygen atoms in total. The topological polar surface area (TPSA) is 143 Å². The van der Waals surface area contributed by atoms with Crippen LogP contribution in [0.4, 0.5) is 5.82 Å². The molecular weight excluding hydrogens is 455 g/mol. The molecule has 0 saturated carbocycles. The van der Waals surface area contributed by atoms with Crippen molar-refractivity contribution in [3.05, 3.63) is 40.0 Å². The van der Waals surface area contributed by atoms with Crippen molar-refractivity contribution in [2.75, 3.05) is 11.9 Å². The van der Waals surface area contributed by atoms with E-state index in [1.165, 1.54) is 0 Å². The Bertz CT molecular complexity index is 1120. The van der Waals surface area contributed by atoms with E-state index >= 15 is 0 Å². The number of hydrogen-bond acceptors (Lipinski definition) is 9. The molecule has 0 amide bonds. The average molecular weight is 477 g/mol. The highest BCUT2D eigenvalue weighted by molar-refractivity contribution is 6.37. The van der Waals surface area contributed by atoms with Crippen molar-refractivity contribution < 1.29 is 14.4 Å². The van der Waals surface area contributed by atoms with E-state index in [1.807, 2.05) is 13.8 Å². The maximum Gasteiger partial charge on any atom is 0.259 e. The van der Waals surface area contributed by atoms with Crippen LogP contribution in [0, 0.1) is 11.3 Å². The summed E-state index contributed by atoms with van der Waals surface area (Å²) in [5.74, 6) is 1.16. The number of pyridine rings is 1. The Morgan fingerprint density at radius 1 is 1.22 bits per heavy atom. The number of aliphatic hydroxyl groups is 1. The number of aromatic nitrogens is 3. The Morgan fingerprint density at radius 2 is 1.91 bits per heavy atom. The Hall–Kier alpha value is -2.90. The Labute approximate surface area is 195 Å². The summed E-state index contributed by atoms with van der Waals surface area (Å²) in [6.07, 6.45) is 0.807. The van der Waals surface area contributed by atoms with Gasteiger partial charge in [0, 0.05) is 17.8 Å². The standard InChI is InChI=1S/C21H22Cl2N6O3/c1-10(2)27-19-13(7-24)4-14(8-26-19)21-28-20(29-32-21)12-5-15(22)18(16(23)6-12)31-9-17(25)11(3)30/h4-6,8,10-11,17,30H,9,25H2,1-3H3,(H,26,27)/t11-,17+/m1/s1. The van der Waals surface area contributed by atoms with Gasteiger partial charge in [0.05, 0.1) is 33.3 Å². The number of nitriles is 1. The van der Waals surface area contributed by atoms with Crippen LogP contribution < -0.4 is 15.8 Å². The normalized spacial score (nSPS) is 13.0. The number of nitrogens with two attached hydrogens (primary N) is 1. The molecule has 0 unspecified atom stereocenters. The highest BCUT2D eigenvalue weighted by atomic mass is 35.5. The minimum Gasteiger partial charge on any atom is -0.489 e. The lowest BCUT2D eigenvalue weighted by molar-refractivity contribution is 0.131. The van der Waals surface area contributed by atoms with Gasteiger partial charge in [-0.3, -0.25) is 0 Å². The third-order valence-corrected chi connectivity index (χ3v) is 4.96. The number of rotatable bonds is 8. The molecule has 0 radical (unpaired) electrons. The van der Waals surface area contributed by atoms with Gasteiger partial charge in [-0.1, -0.05) is 28.4 Å². The molecule has 0 aliphatic rings. The Kier molecular flexibility index (Phi) is 7.53. The maximum atomic E-state index is 9.49. The summed E-state index contributed by atoms with van der Waals surface area (Å²) < 4.78 is 10.9. The minimum atomic E-state index is -0.740. The number of anilines is 1. The lowest BCUT2D eigenvalue weighted by atomic mass is 10.2. The van der Waals surface area contributed by atoms with E-state index in [0.717, 1.165) is 0 Å². The summed E-state index contributed by atoms with van der Waals surface area (Å²) >= 11 is 12.6. The number of benzene rings is 1. The number of aliphatic hydroxyl groups excluding tert-OH is 1.